The summed E-state index contributed by atoms with van der Waals surface area (Å²) in [5.41, 5.74) is 0. The molecular formula is H5CoMgO3Zn+. The molecule has 0 rings (SSSR count). The number of rotatable bonds is 0. The molecule has 1 radical (unpaired) electrons. The van der Waals surface area contributed by atoms with E-state index in [1.54, 1.807) is 0 Å². The van der Waals surface area contributed by atoms with Crippen molar-refractivity contribution in [2.75, 3.05) is 0 Å². The van der Waals surface area contributed by atoms with E-state index in [4.69, 9.17) is 0 Å². The summed E-state index contributed by atoms with van der Waals surface area (Å²) in [7, 11) is 0. The fourth-order valence-electron chi connectivity index (χ4n) is 0. The predicted molar refractivity (Wildman–Crippen MR) is 14.9 cm³/mol. The van der Waals surface area contributed by atoms with Gasteiger partial charge in [0.1, 0.15) is 0 Å². The van der Waals surface area contributed by atoms with Crippen LogP contribution in [0, 0.1) is 0 Å². The minimum atomic E-state index is 0. The third kappa shape index (κ3) is 41.8. The molecule has 0 saturated heterocycles. The zero-order valence-corrected chi connectivity index (χ0v) is 8.62. The molecular weight excluding hydrogens is 197 g/mol. The summed E-state index contributed by atoms with van der Waals surface area (Å²) < 4.78 is 0. The van der Waals surface area contributed by atoms with Crippen molar-refractivity contribution in [3.63, 3.8) is 0 Å². The van der Waals surface area contributed by atoms with Crippen LogP contribution in [0.2, 0.25) is 0 Å². The fraction of sp³-hybridized carbons (Fsp3) is 0. The van der Waals surface area contributed by atoms with Gasteiger partial charge in [-0.25, -0.2) is 0 Å². The summed E-state index contributed by atoms with van der Waals surface area (Å²) in [6, 6.07) is 0. The van der Waals surface area contributed by atoms with Gasteiger partial charge in [-0.15, -0.1) is 0 Å². The molecule has 0 aliphatic rings. The molecule has 0 spiro atoms. The molecule has 35 valence electrons. The van der Waals surface area contributed by atoms with Crippen LogP contribution in [0.3, 0.4) is 0 Å². The Morgan fingerprint density at radius 3 is 0.833 bits per heavy atom. The van der Waals surface area contributed by atoms with E-state index in [1.807, 2.05) is 0 Å². The number of hydrogen-bond acceptors (Lipinski definition) is 1. The molecule has 0 aromatic carbocycles. The second-order valence-corrected chi connectivity index (χ2v) is 0. The normalized spacial score (nSPS) is 0. The van der Waals surface area contributed by atoms with Crippen molar-refractivity contribution >= 4 is 23.1 Å². The van der Waals surface area contributed by atoms with Gasteiger partial charge in [0.05, 0.1) is 0 Å². The van der Waals surface area contributed by atoms with Gasteiger partial charge in [-0.1, -0.05) is 0 Å². The maximum Gasteiger partial charge on any atom is 2.00 e. The molecule has 0 aliphatic carbocycles. The maximum absolute atomic E-state index is 0. The van der Waals surface area contributed by atoms with Gasteiger partial charge in [0.2, 0.25) is 0 Å². The second-order valence-electron chi connectivity index (χ2n) is 0. The summed E-state index contributed by atoms with van der Waals surface area (Å²) in [4.78, 5) is 0. The standard InChI is InChI=1S/Co.Mg.3H2O.Zn/h;;3*1H2;/q;+2;;;;/p-1. The molecule has 0 atom stereocenters. The van der Waals surface area contributed by atoms with Crippen molar-refractivity contribution in [1.29, 1.82) is 0 Å². The summed E-state index contributed by atoms with van der Waals surface area (Å²) in [5, 5.41) is 0. The van der Waals surface area contributed by atoms with E-state index in [2.05, 4.69) is 0 Å². The second kappa shape index (κ2) is 71.7. The van der Waals surface area contributed by atoms with Crippen molar-refractivity contribution in [2.45, 2.75) is 0 Å². The van der Waals surface area contributed by atoms with E-state index >= 15 is 0 Å². The van der Waals surface area contributed by atoms with Gasteiger partial charge < -0.3 is 16.4 Å². The Bertz CT molecular complexity index is 10.8. The van der Waals surface area contributed by atoms with Crippen LogP contribution in [0.25, 0.3) is 0 Å². The topological polar surface area (TPSA) is 93.0 Å². The molecule has 0 heterocycles. The quantitative estimate of drug-likeness (QED) is 0.409. The van der Waals surface area contributed by atoms with E-state index < -0.39 is 0 Å². The zero-order chi connectivity index (χ0) is 0. The van der Waals surface area contributed by atoms with Gasteiger partial charge in [-0.05, 0) is 0 Å². The molecule has 3 nitrogen and oxygen atoms in total. The predicted octanol–water partition coefficient (Wildman–Crippen LogP) is -2.21. The Balaban J connectivity index is 0. The molecule has 0 saturated carbocycles. The van der Waals surface area contributed by atoms with Gasteiger partial charge in [-0.3, -0.25) is 0 Å². The van der Waals surface area contributed by atoms with Crippen molar-refractivity contribution in [3.05, 3.63) is 0 Å². The van der Waals surface area contributed by atoms with Crippen LogP contribution in [-0.4, -0.2) is 39.5 Å². The Kier molecular flexibility index (Phi) is 1350. The van der Waals surface area contributed by atoms with E-state index in [0.717, 1.165) is 0 Å². The molecule has 6 heavy (non-hydrogen) atoms. The van der Waals surface area contributed by atoms with Gasteiger partial charge in [-0.2, -0.15) is 0 Å². The van der Waals surface area contributed by atoms with Crippen molar-refractivity contribution < 1.29 is 52.7 Å². The maximum atomic E-state index is 0. The molecule has 6 heteroatoms. The molecule has 0 fully saturated rings. The first-order chi connectivity index (χ1) is 0. The fourth-order valence-corrected chi connectivity index (χ4v) is 0. The van der Waals surface area contributed by atoms with E-state index in [1.165, 1.54) is 0 Å². The average molecular weight is 202 g/mol. The molecule has 0 unspecified atom stereocenters. The molecule has 5 N–H and O–H groups in total. The van der Waals surface area contributed by atoms with Crippen molar-refractivity contribution in [2.24, 2.45) is 0 Å². The van der Waals surface area contributed by atoms with Crippen LogP contribution in [0.1, 0.15) is 0 Å². The summed E-state index contributed by atoms with van der Waals surface area (Å²) >= 11 is 0. The first-order valence-corrected chi connectivity index (χ1v) is 0. The largest absolute Gasteiger partial charge is 2.00 e. The molecule has 0 bridgehead atoms. The summed E-state index contributed by atoms with van der Waals surface area (Å²) in [6.07, 6.45) is 0. The van der Waals surface area contributed by atoms with Crippen molar-refractivity contribution in [1.82, 2.24) is 0 Å². The summed E-state index contributed by atoms with van der Waals surface area (Å²) in [6.45, 7) is 0. The monoisotopic (exact) mass is 200 g/mol. The SMILES string of the molecule is O.O.[Co].[Mg+2].[OH-].[Zn]. The number of hydrogen-bond donors (Lipinski definition) is 0. The molecule has 0 aromatic rings. The Morgan fingerprint density at radius 1 is 0.833 bits per heavy atom. The van der Waals surface area contributed by atoms with Gasteiger partial charge >= 0.3 is 23.1 Å². The Hall–Kier alpha value is 1.78. The van der Waals surface area contributed by atoms with Crippen LogP contribution >= 0.6 is 0 Å². The first-order valence-electron chi connectivity index (χ1n) is 0. The average Bonchev–Trinajstić information content (AvgIpc) is 0. The smallest absolute Gasteiger partial charge is 0.870 e. The Labute approximate surface area is 75.3 Å². The molecule has 0 amide bonds. The molecule has 0 aliphatic heterocycles. The van der Waals surface area contributed by atoms with Gasteiger partial charge in [0.25, 0.3) is 0 Å². The van der Waals surface area contributed by atoms with Gasteiger partial charge in [0, 0.05) is 36.3 Å². The van der Waals surface area contributed by atoms with E-state index in [0.29, 0.717) is 0 Å². The van der Waals surface area contributed by atoms with Crippen molar-refractivity contribution in [3.8, 4) is 0 Å². The third-order valence-corrected chi connectivity index (χ3v) is 0. The summed E-state index contributed by atoms with van der Waals surface area (Å²) in [5.74, 6) is 0. The van der Waals surface area contributed by atoms with Crippen LogP contribution in [-0.2, 0) is 36.3 Å². The third-order valence-electron chi connectivity index (χ3n) is 0. The Morgan fingerprint density at radius 2 is 0.833 bits per heavy atom. The molecule has 0 aromatic heterocycles. The van der Waals surface area contributed by atoms with Crippen LogP contribution < -0.4 is 0 Å². The van der Waals surface area contributed by atoms with E-state index in [-0.39, 0.29) is 75.7 Å². The van der Waals surface area contributed by atoms with Gasteiger partial charge in [0.15, 0.2) is 0 Å². The van der Waals surface area contributed by atoms with Crippen LogP contribution in [0.5, 0.6) is 0 Å². The van der Waals surface area contributed by atoms with E-state index in [9.17, 15) is 0 Å². The van der Waals surface area contributed by atoms with Crippen LogP contribution in [0.4, 0.5) is 0 Å². The minimum absolute atomic E-state index is 0. The minimum Gasteiger partial charge on any atom is -0.870 e. The van der Waals surface area contributed by atoms with Crippen LogP contribution in [0.15, 0.2) is 0 Å². The zero-order valence-electron chi connectivity index (χ0n) is 3.19. The first kappa shape index (κ1) is 113.